The first kappa shape index (κ1) is 12.5. The molecular weight excluding hydrogens is 167 g/mol. The van der Waals surface area contributed by atoms with Gasteiger partial charge in [0.1, 0.15) is 0 Å². The maximum Gasteiger partial charge on any atom is 0.216 e. The molecule has 0 amide bonds. The molecule has 0 heterocycles. The Morgan fingerprint density at radius 1 is 1.75 bits per heavy atom. The van der Waals surface area contributed by atoms with Gasteiger partial charge in [0.2, 0.25) is 4.38 Å². The van der Waals surface area contributed by atoms with E-state index in [1.54, 1.807) is 0 Å². The van der Waals surface area contributed by atoms with Crippen LogP contribution in [0.5, 0.6) is 0 Å². The monoisotopic (exact) mass is 175 g/mol. The zero-order valence-corrected chi connectivity index (χ0v) is 10.0. The predicted octanol–water partition coefficient (Wildman–Crippen LogP) is 1.25. The summed E-state index contributed by atoms with van der Waals surface area (Å²) < 4.78 is 5.12. The average Bonchev–Trinajstić information content (AvgIpc) is 1.61. The number of rotatable bonds is 2. The van der Waals surface area contributed by atoms with Crippen molar-refractivity contribution in [3.8, 4) is 0 Å². The van der Waals surface area contributed by atoms with Crippen molar-refractivity contribution in [3.05, 3.63) is 0 Å². The third-order valence-corrected chi connectivity index (χ3v) is 0.677. The standard InChI is InChI=1S/C4H8OS2.K/c1-2-3-5-4(6)7;/h2-3H2,1H3,(H,6,7);. The average molecular weight is 175 g/mol. The topological polar surface area (TPSA) is 9.23 Å². The van der Waals surface area contributed by atoms with Crippen LogP contribution in [-0.2, 0) is 4.74 Å². The van der Waals surface area contributed by atoms with Gasteiger partial charge in [-0.2, -0.15) is 0 Å². The molecule has 0 aliphatic rings. The largest absolute Gasteiger partial charge is 0.479 e. The normalized spacial score (nSPS) is 7.25. The first-order valence-corrected chi connectivity index (χ1v) is 2.98. The van der Waals surface area contributed by atoms with Crippen molar-refractivity contribution >= 4 is 80.6 Å². The molecule has 1 nitrogen and oxygen atoms in total. The molecule has 0 aliphatic carbocycles. The second-order valence-corrected chi connectivity index (χ2v) is 2.19. The van der Waals surface area contributed by atoms with Crippen molar-refractivity contribution in [1.29, 1.82) is 0 Å². The molecule has 0 saturated carbocycles. The molecule has 1 radical (unpaired) electrons. The molecule has 8 heavy (non-hydrogen) atoms. The predicted molar refractivity (Wildman–Crippen MR) is 43.6 cm³/mol. The Kier molecular flexibility index (Phi) is 13.9. The van der Waals surface area contributed by atoms with E-state index in [4.69, 9.17) is 4.74 Å². The summed E-state index contributed by atoms with van der Waals surface area (Å²) in [4.78, 5) is 0. The number of thiol groups is 1. The molecule has 0 aromatic rings. The van der Waals surface area contributed by atoms with Crippen LogP contribution in [0.25, 0.3) is 0 Å². The molecule has 0 fully saturated rings. The van der Waals surface area contributed by atoms with Crippen molar-refractivity contribution in [1.82, 2.24) is 0 Å². The molecule has 43 valence electrons. The summed E-state index contributed by atoms with van der Waals surface area (Å²) in [6.07, 6.45) is 0.987. The van der Waals surface area contributed by atoms with Gasteiger partial charge in [-0.1, -0.05) is 19.6 Å². The van der Waals surface area contributed by atoms with E-state index in [0.717, 1.165) is 6.42 Å². The van der Waals surface area contributed by atoms with Crippen LogP contribution in [0.2, 0.25) is 0 Å². The van der Waals surface area contributed by atoms with Crippen LogP contribution in [-0.4, -0.2) is 62.4 Å². The molecule has 0 N–H and O–H groups in total. The van der Waals surface area contributed by atoms with Crippen LogP contribution in [0, 0.1) is 0 Å². The van der Waals surface area contributed by atoms with Gasteiger partial charge in [-0.3, -0.25) is 0 Å². The summed E-state index contributed by atoms with van der Waals surface area (Å²) in [6, 6.07) is 0. The van der Waals surface area contributed by atoms with Gasteiger partial charge >= 0.3 is 0 Å². The summed E-state index contributed by atoms with van der Waals surface area (Å²) in [5.41, 5.74) is 0. The van der Waals surface area contributed by atoms with Gasteiger partial charge in [-0.15, -0.1) is 0 Å². The van der Waals surface area contributed by atoms with Gasteiger partial charge in [0, 0.05) is 51.4 Å². The Balaban J connectivity index is 0. The van der Waals surface area contributed by atoms with E-state index < -0.39 is 0 Å². The van der Waals surface area contributed by atoms with E-state index in [-0.39, 0.29) is 51.4 Å². The Labute approximate surface area is 103 Å². The summed E-state index contributed by atoms with van der Waals surface area (Å²) in [6.45, 7) is 2.70. The summed E-state index contributed by atoms with van der Waals surface area (Å²) in [5, 5.41) is 0. The van der Waals surface area contributed by atoms with Crippen molar-refractivity contribution in [2.75, 3.05) is 6.61 Å². The Hall–Kier alpha value is 1.88. The van der Waals surface area contributed by atoms with Gasteiger partial charge in [0.05, 0.1) is 6.61 Å². The number of ether oxygens (including phenoxy) is 1. The fourth-order valence-corrected chi connectivity index (χ4v) is 0.364. The maximum absolute atomic E-state index is 4.79. The minimum absolute atomic E-state index is 0. The van der Waals surface area contributed by atoms with Gasteiger partial charge in [0.25, 0.3) is 0 Å². The summed E-state index contributed by atoms with van der Waals surface area (Å²) >= 11 is 8.24. The first-order valence-electron chi connectivity index (χ1n) is 2.13. The molecule has 0 rings (SSSR count). The molecule has 4 heteroatoms. The van der Waals surface area contributed by atoms with E-state index in [9.17, 15) is 0 Å². The first-order chi connectivity index (χ1) is 3.27. The number of hydrogen-bond donors (Lipinski definition) is 1. The molecule has 0 atom stereocenters. The Bertz CT molecular complexity index is 67.1. The van der Waals surface area contributed by atoms with E-state index >= 15 is 0 Å². The Morgan fingerprint density at radius 2 is 2.25 bits per heavy atom. The van der Waals surface area contributed by atoms with Crippen LogP contribution in [0.1, 0.15) is 13.3 Å². The van der Waals surface area contributed by atoms with Crippen molar-refractivity contribution in [3.63, 3.8) is 0 Å². The molecule has 0 aromatic heterocycles. The van der Waals surface area contributed by atoms with E-state index in [1.807, 2.05) is 6.92 Å². The second-order valence-electron chi connectivity index (χ2n) is 1.11. The Morgan fingerprint density at radius 3 is 2.38 bits per heavy atom. The van der Waals surface area contributed by atoms with Gasteiger partial charge in [-0.05, 0) is 18.6 Å². The molecule has 0 bridgehead atoms. The van der Waals surface area contributed by atoms with E-state index in [1.165, 1.54) is 0 Å². The minimum Gasteiger partial charge on any atom is -0.479 e. The van der Waals surface area contributed by atoms with Crippen molar-refractivity contribution < 1.29 is 4.74 Å². The van der Waals surface area contributed by atoms with Crippen molar-refractivity contribution in [2.24, 2.45) is 0 Å². The van der Waals surface area contributed by atoms with E-state index in [2.05, 4.69) is 24.8 Å². The summed E-state index contributed by atoms with van der Waals surface area (Å²) in [7, 11) is 0. The molecule has 0 spiro atoms. The number of hydrogen-bond acceptors (Lipinski definition) is 2. The zero-order valence-electron chi connectivity index (χ0n) is 5.18. The molecule has 0 aliphatic heterocycles. The molecular formula is C4H8KOS2. The van der Waals surface area contributed by atoms with Crippen molar-refractivity contribution in [2.45, 2.75) is 13.3 Å². The maximum atomic E-state index is 4.79. The minimum atomic E-state index is 0. The molecule has 0 saturated heterocycles. The van der Waals surface area contributed by atoms with Crippen LogP contribution in [0.3, 0.4) is 0 Å². The van der Waals surface area contributed by atoms with Crippen LogP contribution < -0.4 is 0 Å². The van der Waals surface area contributed by atoms with Gasteiger partial charge < -0.3 is 4.74 Å². The number of thiocarbonyl (C=S) groups is 1. The zero-order chi connectivity index (χ0) is 5.70. The SMILES string of the molecule is CCCOC(=S)S.[K]. The fraction of sp³-hybridized carbons (Fsp3) is 0.750. The quantitative estimate of drug-likeness (QED) is 0.384. The van der Waals surface area contributed by atoms with Crippen LogP contribution in [0.4, 0.5) is 0 Å². The van der Waals surface area contributed by atoms with Gasteiger partial charge in [0.15, 0.2) is 0 Å². The fourth-order valence-electron chi connectivity index (χ4n) is 0.189. The second kappa shape index (κ2) is 8.88. The molecule has 0 aromatic carbocycles. The van der Waals surface area contributed by atoms with Gasteiger partial charge in [-0.25, -0.2) is 0 Å². The summed E-state index contributed by atoms with van der Waals surface area (Å²) in [5.74, 6) is 0. The van der Waals surface area contributed by atoms with E-state index in [0.29, 0.717) is 11.0 Å². The van der Waals surface area contributed by atoms with Crippen LogP contribution in [0.15, 0.2) is 0 Å². The molecule has 0 unspecified atom stereocenters. The van der Waals surface area contributed by atoms with Crippen LogP contribution >= 0.6 is 24.8 Å². The smallest absolute Gasteiger partial charge is 0.216 e. The third kappa shape index (κ3) is 10.8. The third-order valence-electron chi connectivity index (χ3n) is 0.430.